The van der Waals surface area contributed by atoms with E-state index in [1.165, 1.54) is 4.90 Å². The quantitative estimate of drug-likeness (QED) is 0.494. The molecule has 0 heterocycles. The number of hydrogen-bond donors (Lipinski definition) is 1. The van der Waals surface area contributed by atoms with Crippen molar-refractivity contribution in [2.75, 3.05) is 6.54 Å². The number of aryl methyl sites for hydroxylation is 1. The van der Waals surface area contributed by atoms with E-state index in [9.17, 15) is 19.5 Å². The van der Waals surface area contributed by atoms with Gasteiger partial charge in [-0.2, -0.15) is 0 Å². The van der Waals surface area contributed by atoms with E-state index in [0.717, 1.165) is 30.4 Å². The Morgan fingerprint density at radius 3 is 2.35 bits per heavy atom. The SMILES string of the molecule is CC(C)(C)OC(=O)CN(Cc1cccc(C(=O)OC(C)(C)C)c1)C(=O)CC1CCCc2cc(O)ccc21. The van der Waals surface area contributed by atoms with E-state index in [1.807, 2.05) is 12.1 Å². The molecule has 0 aromatic heterocycles. The summed E-state index contributed by atoms with van der Waals surface area (Å²) in [6.07, 6.45) is 2.90. The Labute approximate surface area is 219 Å². The summed E-state index contributed by atoms with van der Waals surface area (Å²) in [6.45, 7) is 10.7. The first-order valence-electron chi connectivity index (χ1n) is 12.8. The molecule has 1 aliphatic carbocycles. The molecule has 0 radical (unpaired) electrons. The van der Waals surface area contributed by atoms with Crippen LogP contribution in [0.1, 0.15) is 93.8 Å². The standard InChI is InChI=1S/C30H39NO6/c1-29(2,3)36-27(34)19-31(18-20-9-7-12-23(15-20)28(35)37-30(4,5)6)26(33)17-22-11-8-10-21-16-24(32)13-14-25(21)22/h7,9,12-16,22,32H,8,10-11,17-19H2,1-6H3. The summed E-state index contributed by atoms with van der Waals surface area (Å²) in [5.41, 5.74) is 1.94. The van der Waals surface area contributed by atoms with E-state index < -0.39 is 23.1 Å². The fourth-order valence-electron chi connectivity index (χ4n) is 4.57. The number of amides is 1. The topological polar surface area (TPSA) is 93.1 Å². The second kappa shape index (κ2) is 11.4. The second-order valence-corrected chi connectivity index (χ2v) is 11.7. The highest BCUT2D eigenvalue weighted by Gasteiger charge is 2.28. The van der Waals surface area contributed by atoms with Gasteiger partial charge in [0, 0.05) is 13.0 Å². The predicted molar refractivity (Wildman–Crippen MR) is 141 cm³/mol. The molecule has 0 fully saturated rings. The maximum Gasteiger partial charge on any atom is 0.338 e. The maximum absolute atomic E-state index is 13.6. The Hall–Kier alpha value is -3.35. The zero-order chi connectivity index (χ0) is 27.4. The summed E-state index contributed by atoms with van der Waals surface area (Å²) in [6, 6.07) is 12.3. The van der Waals surface area contributed by atoms with Crippen molar-refractivity contribution in [1.82, 2.24) is 4.90 Å². The van der Waals surface area contributed by atoms with Gasteiger partial charge in [0.25, 0.3) is 0 Å². The van der Waals surface area contributed by atoms with Gasteiger partial charge in [0.1, 0.15) is 23.5 Å². The number of ether oxygens (including phenoxy) is 2. The first kappa shape index (κ1) is 28.2. The number of nitrogens with zero attached hydrogens (tertiary/aromatic N) is 1. The highest BCUT2D eigenvalue weighted by atomic mass is 16.6. The Balaban J connectivity index is 1.82. The molecule has 7 heteroatoms. The fraction of sp³-hybridized carbons (Fsp3) is 0.500. The lowest BCUT2D eigenvalue weighted by atomic mass is 9.80. The fourth-order valence-corrected chi connectivity index (χ4v) is 4.57. The summed E-state index contributed by atoms with van der Waals surface area (Å²) in [7, 11) is 0. The van der Waals surface area contributed by atoms with E-state index in [-0.39, 0.29) is 37.1 Å². The van der Waals surface area contributed by atoms with Crippen LogP contribution in [0.4, 0.5) is 0 Å². The van der Waals surface area contributed by atoms with Crippen molar-refractivity contribution in [3.63, 3.8) is 0 Å². The number of esters is 2. The minimum Gasteiger partial charge on any atom is -0.508 e. The number of rotatable bonds is 7. The summed E-state index contributed by atoms with van der Waals surface area (Å²) in [4.78, 5) is 40.4. The second-order valence-electron chi connectivity index (χ2n) is 11.7. The lowest BCUT2D eigenvalue weighted by Gasteiger charge is -2.29. The van der Waals surface area contributed by atoms with Crippen molar-refractivity contribution < 1.29 is 29.0 Å². The van der Waals surface area contributed by atoms with Gasteiger partial charge in [-0.1, -0.05) is 18.2 Å². The van der Waals surface area contributed by atoms with Crippen LogP contribution in [-0.2, 0) is 32.0 Å². The Morgan fingerprint density at radius 1 is 0.973 bits per heavy atom. The van der Waals surface area contributed by atoms with Crippen molar-refractivity contribution in [3.8, 4) is 5.75 Å². The van der Waals surface area contributed by atoms with Crippen molar-refractivity contribution >= 4 is 17.8 Å². The Kier molecular flexibility index (Phi) is 8.67. The van der Waals surface area contributed by atoms with Crippen LogP contribution in [0, 0.1) is 0 Å². The smallest absolute Gasteiger partial charge is 0.338 e. The third kappa shape index (κ3) is 8.62. The minimum absolute atomic E-state index is 0.00563. The number of hydrogen-bond acceptors (Lipinski definition) is 6. The summed E-state index contributed by atoms with van der Waals surface area (Å²) in [5, 5.41) is 9.86. The van der Waals surface area contributed by atoms with Gasteiger partial charge in [-0.3, -0.25) is 9.59 Å². The van der Waals surface area contributed by atoms with Crippen LogP contribution in [-0.4, -0.2) is 45.6 Å². The van der Waals surface area contributed by atoms with E-state index in [4.69, 9.17) is 9.47 Å². The number of phenolic OH excluding ortho intramolecular Hbond substituents is 1. The highest BCUT2D eigenvalue weighted by molar-refractivity contribution is 5.90. The third-order valence-corrected chi connectivity index (χ3v) is 6.01. The van der Waals surface area contributed by atoms with Gasteiger partial charge in [0.15, 0.2) is 0 Å². The number of carbonyl (C=O) groups is 3. The molecule has 3 rings (SSSR count). The molecule has 37 heavy (non-hydrogen) atoms. The molecule has 1 N–H and O–H groups in total. The van der Waals surface area contributed by atoms with Gasteiger partial charge in [-0.05, 0) is 108 Å². The van der Waals surface area contributed by atoms with Crippen molar-refractivity contribution in [3.05, 3.63) is 64.7 Å². The van der Waals surface area contributed by atoms with Gasteiger partial charge in [0.05, 0.1) is 5.56 Å². The van der Waals surface area contributed by atoms with Gasteiger partial charge in [-0.15, -0.1) is 0 Å². The average molecular weight is 510 g/mol. The normalized spacial score (nSPS) is 15.5. The first-order valence-corrected chi connectivity index (χ1v) is 12.8. The largest absolute Gasteiger partial charge is 0.508 e. The molecule has 1 aliphatic rings. The van der Waals surface area contributed by atoms with Crippen LogP contribution in [0.3, 0.4) is 0 Å². The first-order chi connectivity index (χ1) is 17.2. The van der Waals surface area contributed by atoms with Crippen LogP contribution in [0.5, 0.6) is 5.75 Å². The summed E-state index contributed by atoms with van der Waals surface area (Å²) < 4.78 is 11.0. The number of phenols is 1. The Morgan fingerprint density at radius 2 is 1.68 bits per heavy atom. The van der Waals surface area contributed by atoms with Crippen LogP contribution in [0.2, 0.25) is 0 Å². The van der Waals surface area contributed by atoms with Gasteiger partial charge >= 0.3 is 11.9 Å². The van der Waals surface area contributed by atoms with Gasteiger partial charge in [0.2, 0.25) is 5.91 Å². The molecule has 2 aromatic rings. The van der Waals surface area contributed by atoms with Gasteiger partial charge < -0.3 is 19.5 Å². The monoisotopic (exact) mass is 509 g/mol. The zero-order valence-electron chi connectivity index (χ0n) is 22.8. The van der Waals surface area contributed by atoms with E-state index >= 15 is 0 Å². The van der Waals surface area contributed by atoms with Crippen molar-refractivity contribution in [2.45, 2.75) is 90.9 Å². The summed E-state index contributed by atoms with van der Waals surface area (Å²) in [5.74, 6) is -0.868. The van der Waals surface area contributed by atoms with Crippen LogP contribution in [0.25, 0.3) is 0 Å². The van der Waals surface area contributed by atoms with Crippen molar-refractivity contribution in [2.24, 2.45) is 0 Å². The zero-order valence-corrected chi connectivity index (χ0v) is 22.8. The highest BCUT2D eigenvalue weighted by Crippen LogP contribution is 2.36. The van der Waals surface area contributed by atoms with Crippen LogP contribution < -0.4 is 0 Å². The molecule has 1 amide bonds. The number of aromatic hydroxyl groups is 1. The number of benzene rings is 2. The lowest BCUT2D eigenvalue weighted by molar-refractivity contribution is -0.159. The predicted octanol–water partition coefficient (Wildman–Crippen LogP) is 5.53. The molecular weight excluding hydrogens is 470 g/mol. The molecular formula is C30H39NO6. The molecule has 0 spiro atoms. The van der Waals surface area contributed by atoms with E-state index in [2.05, 4.69) is 0 Å². The van der Waals surface area contributed by atoms with Gasteiger partial charge in [-0.25, -0.2) is 4.79 Å². The molecule has 200 valence electrons. The molecule has 1 unspecified atom stereocenters. The van der Waals surface area contributed by atoms with E-state index in [0.29, 0.717) is 11.1 Å². The van der Waals surface area contributed by atoms with Crippen LogP contribution in [0.15, 0.2) is 42.5 Å². The summed E-state index contributed by atoms with van der Waals surface area (Å²) >= 11 is 0. The molecule has 0 aliphatic heterocycles. The number of fused-ring (bicyclic) bond motifs is 1. The molecule has 7 nitrogen and oxygen atoms in total. The molecule has 0 saturated heterocycles. The van der Waals surface area contributed by atoms with Crippen molar-refractivity contribution in [1.29, 1.82) is 0 Å². The molecule has 0 bridgehead atoms. The minimum atomic E-state index is -0.674. The number of carbonyl (C=O) groups excluding carboxylic acids is 3. The molecule has 1 atom stereocenters. The average Bonchev–Trinajstić information content (AvgIpc) is 2.76. The molecule has 0 saturated carbocycles. The Bertz CT molecular complexity index is 1140. The van der Waals surface area contributed by atoms with Crippen LogP contribution >= 0.6 is 0 Å². The van der Waals surface area contributed by atoms with E-state index in [1.54, 1.807) is 71.9 Å². The maximum atomic E-state index is 13.6. The molecule has 2 aromatic carbocycles. The lowest BCUT2D eigenvalue weighted by Crippen LogP contribution is -2.39. The third-order valence-electron chi connectivity index (χ3n) is 6.01.